The molecule has 4 rings (SSSR count). The van der Waals surface area contributed by atoms with Crippen LogP contribution in [0, 0.1) is 16.0 Å². The van der Waals surface area contributed by atoms with Crippen LogP contribution in [0.3, 0.4) is 0 Å². The van der Waals surface area contributed by atoms with Gasteiger partial charge < -0.3 is 9.47 Å². The zero-order valence-electron chi connectivity index (χ0n) is 20.1. The number of hydrogen-bond donors (Lipinski definition) is 0. The van der Waals surface area contributed by atoms with E-state index in [1.807, 2.05) is 24.3 Å². The molecule has 0 saturated heterocycles. The lowest BCUT2D eigenvalue weighted by Gasteiger charge is -2.32. The average molecular weight is 506 g/mol. The van der Waals surface area contributed by atoms with Gasteiger partial charge in [0.25, 0.3) is 5.69 Å². The first-order valence-electron chi connectivity index (χ1n) is 11.0. The minimum absolute atomic E-state index is 0.0426. The summed E-state index contributed by atoms with van der Waals surface area (Å²) in [5.74, 6) is -2.68. The van der Waals surface area contributed by atoms with Crippen LogP contribution in [0.2, 0.25) is 0 Å². The first-order chi connectivity index (χ1) is 17.3. The Morgan fingerprint density at radius 3 is 2.33 bits per heavy atom. The number of hydrogen-bond acceptors (Lipinski definition) is 9. The number of carbonyl (C=O) groups is 2. The minimum Gasteiger partial charge on any atom is -0.468 e. The van der Waals surface area contributed by atoms with E-state index in [0.717, 1.165) is 0 Å². The van der Waals surface area contributed by atoms with E-state index >= 15 is 0 Å². The van der Waals surface area contributed by atoms with Gasteiger partial charge in [-0.05, 0) is 25.5 Å². The predicted octanol–water partition coefficient (Wildman–Crippen LogP) is 5.18. The van der Waals surface area contributed by atoms with Gasteiger partial charge in [0.15, 0.2) is 0 Å². The number of benzene rings is 2. The summed E-state index contributed by atoms with van der Waals surface area (Å²) in [7, 11) is 2.57. The van der Waals surface area contributed by atoms with Gasteiger partial charge in [0, 0.05) is 34.3 Å². The highest BCUT2D eigenvalue weighted by Crippen LogP contribution is 2.44. The molecule has 1 aliphatic heterocycles. The van der Waals surface area contributed by atoms with Gasteiger partial charge in [-0.1, -0.05) is 36.4 Å². The zero-order valence-corrected chi connectivity index (χ0v) is 20.9. The number of rotatable bonds is 6. The molecule has 2 aromatic carbocycles. The molecule has 2 atom stereocenters. The Kier molecular flexibility index (Phi) is 7.07. The molecule has 9 nitrogen and oxygen atoms in total. The van der Waals surface area contributed by atoms with Gasteiger partial charge in [0.1, 0.15) is 10.9 Å². The highest BCUT2D eigenvalue weighted by Gasteiger charge is 2.43. The van der Waals surface area contributed by atoms with E-state index in [-0.39, 0.29) is 11.3 Å². The zero-order chi connectivity index (χ0) is 26.0. The molecule has 184 valence electrons. The van der Waals surface area contributed by atoms with Crippen LogP contribution in [0.5, 0.6) is 0 Å². The van der Waals surface area contributed by atoms with Crippen molar-refractivity contribution in [2.45, 2.75) is 19.8 Å². The van der Waals surface area contributed by atoms with Crippen molar-refractivity contribution in [3.8, 4) is 21.8 Å². The monoisotopic (exact) mass is 505 g/mol. The number of carbonyl (C=O) groups excluding carboxylic acids is 2. The van der Waals surface area contributed by atoms with E-state index < -0.39 is 28.7 Å². The number of methoxy groups -OCH3 is 2. The predicted molar refractivity (Wildman–Crippen MR) is 136 cm³/mol. The van der Waals surface area contributed by atoms with Crippen molar-refractivity contribution in [1.29, 1.82) is 0 Å². The van der Waals surface area contributed by atoms with Gasteiger partial charge in [-0.2, -0.15) is 0 Å². The second-order valence-electron chi connectivity index (χ2n) is 8.12. The first kappa shape index (κ1) is 24.9. The largest absolute Gasteiger partial charge is 0.468 e. The van der Waals surface area contributed by atoms with Crippen LogP contribution in [0.4, 0.5) is 5.69 Å². The van der Waals surface area contributed by atoms with Gasteiger partial charge >= 0.3 is 11.9 Å². The van der Waals surface area contributed by atoms with Gasteiger partial charge in [-0.25, -0.2) is 9.78 Å². The fourth-order valence-electron chi connectivity index (χ4n) is 4.51. The fraction of sp³-hybridized carbons (Fsp3) is 0.231. The Morgan fingerprint density at radius 1 is 1.00 bits per heavy atom. The lowest BCUT2D eigenvalue weighted by molar-refractivity contribution is -0.384. The maximum Gasteiger partial charge on any atom is 0.336 e. The molecule has 0 radical (unpaired) electrons. The van der Waals surface area contributed by atoms with Gasteiger partial charge in [0.2, 0.25) is 0 Å². The van der Waals surface area contributed by atoms with Crippen molar-refractivity contribution < 1.29 is 24.0 Å². The summed E-state index contributed by atoms with van der Waals surface area (Å²) in [6.45, 7) is 3.43. The standard InChI is InChI=1S/C26H23N3O6S/c1-14-21(25(30)34-3)23(22(15(2)27-14)26(31)35-4)16-9-5-6-10-17(16)24-28-19(13-36-24)18-11-7-8-12-20(18)29(32)33/h5-13,21,23H,1-4H3. The van der Waals surface area contributed by atoms with Crippen LogP contribution < -0.4 is 0 Å². The average Bonchev–Trinajstić information content (AvgIpc) is 3.37. The lowest BCUT2D eigenvalue weighted by atomic mass is 9.74. The number of esters is 2. The molecule has 0 amide bonds. The normalized spacial score (nSPS) is 17.4. The van der Waals surface area contributed by atoms with E-state index in [4.69, 9.17) is 14.5 Å². The number of nitrogens with zero attached hydrogens (tertiary/aromatic N) is 3. The molecule has 0 spiro atoms. The van der Waals surface area contributed by atoms with Crippen molar-refractivity contribution in [2.24, 2.45) is 10.9 Å². The summed E-state index contributed by atoms with van der Waals surface area (Å²) in [5, 5.41) is 13.9. The van der Waals surface area contributed by atoms with Crippen LogP contribution in [0.1, 0.15) is 25.3 Å². The number of aliphatic imine (C=N–C) groups is 1. The molecule has 10 heteroatoms. The number of thiazole rings is 1. The Morgan fingerprint density at radius 2 is 1.67 bits per heavy atom. The summed E-state index contributed by atoms with van der Waals surface area (Å²) < 4.78 is 10.1. The summed E-state index contributed by atoms with van der Waals surface area (Å²) in [6, 6.07) is 13.7. The molecule has 0 aliphatic carbocycles. The van der Waals surface area contributed by atoms with Crippen molar-refractivity contribution >= 4 is 34.7 Å². The Balaban J connectivity index is 1.89. The molecule has 0 saturated carbocycles. The third kappa shape index (κ3) is 4.42. The maximum atomic E-state index is 12.9. The summed E-state index contributed by atoms with van der Waals surface area (Å²) in [5.41, 5.74) is 3.43. The van der Waals surface area contributed by atoms with E-state index in [9.17, 15) is 19.7 Å². The Hall–Kier alpha value is -4.18. The number of nitro benzene ring substituents is 1. The Bertz CT molecular complexity index is 1420. The minimum atomic E-state index is -0.844. The highest BCUT2D eigenvalue weighted by atomic mass is 32.1. The SMILES string of the molecule is COC(=O)C1=C(C)N=C(C)C(C(=O)OC)C1c1ccccc1-c1nc(-c2ccccc2[N+](=O)[O-])cs1. The number of nitro groups is 1. The molecule has 2 heterocycles. The molecule has 1 aromatic heterocycles. The third-order valence-electron chi connectivity index (χ3n) is 6.10. The smallest absolute Gasteiger partial charge is 0.336 e. The second kappa shape index (κ2) is 10.2. The van der Waals surface area contributed by atoms with Crippen molar-refractivity contribution in [2.75, 3.05) is 14.2 Å². The van der Waals surface area contributed by atoms with E-state index in [1.165, 1.54) is 31.6 Å². The van der Waals surface area contributed by atoms with Crippen molar-refractivity contribution in [3.63, 3.8) is 0 Å². The third-order valence-corrected chi connectivity index (χ3v) is 6.97. The maximum absolute atomic E-state index is 12.9. The quantitative estimate of drug-likeness (QED) is 0.257. The van der Waals surface area contributed by atoms with Gasteiger partial charge in [0.05, 0.1) is 36.0 Å². The molecule has 0 fully saturated rings. The molecular weight excluding hydrogens is 482 g/mol. The molecule has 0 N–H and O–H groups in total. The number of ether oxygens (including phenoxy) is 2. The van der Waals surface area contributed by atoms with Crippen LogP contribution in [-0.2, 0) is 19.1 Å². The molecule has 0 bridgehead atoms. The van der Waals surface area contributed by atoms with Crippen molar-refractivity contribution in [3.05, 3.63) is 80.9 Å². The van der Waals surface area contributed by atoms with Gasteiger partial charge in [-0.15, -0.1) is 11.3 Å². The van der Waals surface area contributed by atoms with Crippen LogP contribution >= 0.6 is 11.3 Å². The number of allylic oxidation sites excluding steroid dienone is 1. The molecule has 1 aliphatic rings. The number of para-hydroxylation sites is 1. The van der Waals surface area contributed by atoms with Crippen LogP contribution in [0.15, 0.2) is 70.2 Å². The fourth-order valence-corrected chi connectivity index (χ4v) is 5.38. The summed E-state index contributed by atoms with van der Waals surface area (Å²) in [6.07, 6.45) is 0. The highest BCUT2D eigenvalue weighted by molar-refractivity contribution is 7.13. The molecule has 2 unspecified atom stereocenters. The molecule has 36 heavy (non-hydrogen) atoms. The number of aromatic nitrogens is 1. The van der Waals surface area contributed by atoms with E-state index in [2.05, 4.69) is 4.99 Å². The van der Waals surface area contributed by atoms with Crippen molar-refractivity contribution in [1.82, 2.24) is 4.98 Å². The summed E-state index contributed by atoms with van der Waals surface area (Å²) >= 11 is 1.32. The second-order valence-corrected chi connectivity index (χ2v) is 8.98. The molecule has 3 aromatic rings. The first-order valence-corrected chi connectivity index (χ1v) is 11.9. The lowest BCUT2D eigenvalue weighted by Crippen LogP contribution is -2.36. The van der Waals surface area contributed by atoms with Crippen LogP contribution in [0.25, 0.3) is 21.8 Å². The Labute approximate surface area is 211 Å². The van der Waals surface area contributed by atoms with Crippen LogP contribution in [-0.4, -0.2) is 41.8 Å². The topological polar surface area (TPSA) is 121 Å². The van der Waals surface area contributed by atoms with E-state index in [1.54, 1.807) is 37.4 Å². The van der Waals surface area contributed by atoms with Gasteiger partial charge in [-0.3, -0.25) is 19.9 Å². The summed E-state index contributed by atoms with van der Waals surface area (Å²) in [4.78, 5) is 46.0. The molecular formula is C26H23N3O6S. The van der Waals surface area contributed by atoms with E-state index in [0.29, 0.717) is 38.8 Å².